The standard InChI is InChI=1S/C19H26F3NO3S/c1-17(2,3)26-16(24)14(27-18(4,5)6)15(19(20,21)22)23-12-8-10-13(25-7)11-9-12/h8-11,14H,1-7H3. The Kier molecular flexibility index (Phi) is 7.38. The van der Waals surface area contributed by atoms with Crippen LogP contribution in [0.4, 0.5) is 18.9 Å². The van der Waals surface area contributed by atoms with E-state index in [2.05, 4.69) is 4.99 Å². The van der Waals surface area contributed by atoms with Crippen LogP contribution in [0.1, 0.15) is 41.5 Å². The van der Waals surface area contributed by atoms with Crippen molar-refractivity contribution in [3.8, 4) is 5.75 Å². The number of hydrogen-bond acceptors (Lipinski definition) is 5. The van der Waals surface area contributed by atoms with Gasteiger partial charge in [-0.15, -0.1) is 11.8 Å². The number of methoxy groups -OCH3 is 1. The van der Waals surface area contributed by atoms with Crippen molar-refractivity contribution in [2.24, 2.45) is 4.99 Å². The molecule has 0 fully saturated rings. The minimum Gasteiger partial charge on any atom is -0.497 e. The highest BCUT2D eigenvalue weighted by molar-refractivity contribution is 8.02. The SMILES string of the molecule is COc1ccc(N=C(C(SC(C)(C)C)C(=O)OC(C)(C)C)C(F)(F)F)cc1. The van der Waals surface area contributed by atoms with Crippen molar-refractivity contribution in [1.82, 2.24) is 0 Å². The third-order valence-corrected chi connectivity index (χ3v) is 4.31. The lowest BCUT2D eigenvalue weighted by atomic mass is 10.2. The first-order valence-electron chi connectivity index (χ1n) is 8.33. The van der Waals surface area contributed by atoms with Gasteiger partial charge in [0, 0.05) is 4.75 Å². The summed E-state index contributed by atoms with van der Waals surface area (Å²) in [5.74, 6) is -0.470. The second kappa shape index (κ2) is 8.54. The smallest absolute Gasteiger partial charge is 0.431 e. The van der Waals surface area contributed by atoms with Crippen LogP contribution in [-0.4, -0.2) is 40.6 Å². The number of nitrogens with zero attached hydrogens (tertiary/aromatic N) is 1. The van der Waals surface area contributed by atoms with Crippen LogP contribution in [0.15, 0.2) is 29.3 Å². The van der Waals surface area contributed by atoms with E-state index in [0.29, 0.717) is 5.75 Å². The van der Waals surface area contributed by atoms with E-state index in [1.54, 1.807) is 41.5 Å². The highest BCUT2D eigenvalue weighted by Crippen LogP contribution is 2.36. The van der Waals surface area contributed by atoms with Gasteiger partial charge in [0.1, 0.15) is 17.1 Å². The molecule has 0 saturated carbocycles. The van der Waals surface area contributed by atoms with Crippen LogP contribution >= 0.6 is 11.8 Å². The summed E-state index contributed by atoms with van der Waals surface area (Å²) < 4.78 is 51.0. The molecule has 0 saturated heterocycles. The number of carbonyl (C=O) groups excluding carboxylic acids is 1. The first-order chi connectivity index (χ1) is 12.1. The Balaban J connectivity index is 3.41. The fourth-order valence-corrected chi connectivity index (χ4v) is 3.14. The van der Waals surface area contributed by atoms with Gasteiger partial charge < -0.3 is 9.47 Å². The molecule has 0 radical (unpaired) electrons. The number of ether oxygens (including phenoxy) is 2. The van der Waals surface area contributed by atoms with E-state index in [1.165, 1.54) is 31.4 Å². The van der Waals surface area contributed by atoms with Crippen LogP contribution in [0.3, 0.4) is 0 Å². The number of thioether (sulfide) groups is 1. The van der Waals surface area contributed by atoms with E-state index >= 15 is 0 Å². The van der Waals surface area contributed by atoms with Gasteiger partial charge in [-0.1, -0.05) is 20.8 Å². The van der Waals surface area contributed by atoms with Gasteiger partial charge in [-0.05, 0) is 45.0 Å². The Morgan fingerprint density at radius 2 is 1.56 bits per heavy atom. The van der Waals surface area contributed by atoms with Crippen molar-refractivity contribution in [2.75, 3.05) is 7.11 Å². The number of benzene rings is 1. The third kappa shape index (κ3) is 8.24. The van der Waals surface area contributed by atoms with Gasteiger partial charge in [-0.25, -0.2) is 4.99 Å². The monoisotopic (exact) mass is 405 g/mol. The maximum Gasteiger partial charge on any atom is 0.431 e. The topological polar surface area (TPSA) is 47.9 Å². The zero-order valence-electron chi connectivity index (χ0n) is 16.6. The number of alkyl halides is 3. The van der Waals surface area contributed by atoms with E-state index in [0.717, 1.165) is 11.8 Å². The fraction of sp³-hybridized carbons (Fsp3) is 0.579. The Bertz CT molecular complexity index is 671. The molecule has 0 aliphatic carbocycles. The average Bonchev–Trinajstić information content (AvgIpc) is 2.47. The Morgan fingerprint density at radius 3 is 1.93 bits per heavy atom. The zero-order chi connectivity index (χ0) is 21.0. The summed E-state index contributed by atoms with van der Waals surface area (Å²) in [5, 5.41) is -1.61. The van der Waals surface area contributed by atoms with Gasteiger partial charge in [0.25, 0.3) is 0 Å². The summed E-state index contributed by atoms with van der Waals surface area (Å²) in [6, 6.07) is 5.81. The van der Waals surface area contributed by atoms with Crippen molar-refractivity contribution < 1.29 is 27.4 Å². The lowest BCUT2D eigenvalue weighted by molar-refractivity contribution is -0.153. The lowest BCUT2D eigenvalue weighted by Gasteiger charge is -2.29. The quantitative estimate of drug-likeness (QED) is 0.474. The molecule has 4 nitrogen and oxygen atoms in total. The average molecular weight is 405 g/mol. The summed E-state index contributed by atoms with van der Waals surface area (Å²) in [4.78, 5) is 16.3. The van der Waals surface area contributed by atoms with Crippen LogP contribution in [-0.2, 0) is 9.53 Å². The van der Waals surface area contributed by atoms with Crippen LogP contribution in [0.2, 0.25) is 0 Å². The summed E-state index contributed by atoms with van der Waals surface area (Å²) in [5.41, 5.74) is -2.03. The predicted octanol–water partition coefficient (Wildman–Crippen LogP) is 5.57. The minimum absolute atomic E-state index is 0.0752. The molecule has 0 aliphatic rings. The Labute approximate surface area is 162 Å². The molecule has 0 aromatic heterocycles. The van der Waals surface area contributed by atoms with E-state index in [1.807, 2.05) is 0 Å². The number of carbonyl (C=O) groups is 1. The van der Waals surface area contributed by atoms with Crippen molar-refractivity contribution >= 4 is 29.1 Å². The molecule has 1 aromatic rings. The molecule has 0 heterocycles. The number of halogens is 3. The lowest BCUT2D eigenvalue weighted by Crippen LogP contribution is -2.43. The summed E-state index contributed by atoms with van der Waals surface area (Å²) in [7, 11) is 1.46. The van der Waals surface area contributed by atoms with Crippen LogP contribution in [0.5, 0.6) is 5.75 Å². The van der Waals surface area contributed by atoms with Gasteiger partial charge in [0.15, 0.2) is 5.25 Å². The molecule has 8 heteroatoms. The molecule has 0 spiro atoms. The molecular weight excluding hydrogens is 379 g/mol. The van der Waals surface area contributed by atoms with Crippen LogP contribution in [0.25, 0.3) is 0 Å². The number of esters is 1. The molecule has 1 aromatic carbocycles. The van der Waals surface area contributed by atoms with Crippen molar-refractivity contribution in [1.29, 1.82) is 0 Å². The van der Waals surface area contributed by atoms with E-state index in [4.69, 9.17) is 9.47 Å². The van der Waals surface area contributed by atoms with Gasteiger partial charge >= 0.3 is 12.1 Å². The zero-order valence-corrected chi connectivity index (χ0v) is 17.4. The number of rotatable bonds is 5. The Hall–Kier alpha value is -1.70. The summed E-state index contributed by atoms with van der Waals surface area (Å²) in [6.07, 6.45) is -4.79. The van der Waals surface area contributed by atoms with E-state index in [9.17, 15) is 18.0 Å². The van der Waals surface area contributed by atoms with Crippen molar-refractivity contribution in [3.63, 3.8) is 0 Å². The molecule has 0 N–H and O–H groups in total. The van der Waals surface area contributed by atoms with E-state index < -0.39 is 33.5 Å². The molecule has 152 valence electrons. The largest absolute Gasteiger partial charge is 0.497 e. The molecule has 0 bridgehead atoms. The second-order valence-corrected chi connectivity index (χ2v) is 9.77. The molecule has 1 atom stereocenters. The van der Waals surface area contributed by atoms with Gasteiger partial charge in [-0.3, -0.25) is 4.79 Å². The fourth-order valence-electron chi connectivity index (χ4n) is 1.99. The van der Waals surface area contributed by atoms with Crippen LogP contribution < -0.4 is 4.74 Å². The molecule has 0 amide bonds. The first kappa shape index (κ1) is 23.3. The Morgan fingerprint density at radius 1 is 1.04 bits per heavy atom. The van der Waals surface area contributed by atoms with Crippen molar-refractivity contribution in [2.45, 2.75) is 63.3 Å². The molecular formula is C19H26F3NO3S. The molecule has 27 heavy (non-hydrogen) atoms. The van der Waals surface area contributed by atoms with Crippen molar-refractivity contribution in [3.05, 3.63) is 24.3 Å². The van der Waals surface area contributed by atoms with Crippen LogP contribution in [0, 0.1) is 0 Å². The molecule has 1 unspecified atom stereocenters. The normalized spacial score (nSPS) is 14.7. The highest BCUT2D eigenvalue weighted by atomic mass is 32.2. The van der Waals surface area contributed by atoms with Gasteiger partial charge in [0.05, 0.1) is 12.8 Å². The maximum absolute atomic E-state index is 13.8. The molecule has 1 rings (SSSR count). The minimum atomic E-state index is -4.79. The third-order valence-electron chi connectivity index (χ3n) is 2.95. The highest BCUT2D eigenvalue weighted by Gasteiger charge is 2.47. The first-order valence-corrected chi connectivity index (χ1v) is 9.21. The predicted molar refractivity (Wildman–Crippen MR) is 103 cm³/mol. The summed E-state index contributed by atoms with van der Waals surface area (Å²) in [6.45, 7) is 10.0. The van der Waals surface area contributed by atoms with Gasteiger partial charge in [-0.2, -0.15) is 13.2 Å². The maximum atomic E-state index is 13.8. The number of hydrogen-bond donors (Lipinski definition) is 0. The molecule has 0 aliphatic heterocycles. The summed E-state index contributed by atoms with van der Waals surface area (Å²) >= 11 is 0.863. The number of aliphatic imine (C=N–C) groups is 1. The van der Waals surface area contributed by atoms with Gasteiger partial charge in [0.2, 0.25) is 0 Å². The second-order valence-electron chi connectivity index (χ2n) is 7.84. The van der Waals surface area contributed by atoms with E-state index in [-0.39, 0.29) is 5.69 Å².